The third-order valence-electron chi connectivity index (χ3n) is 3.19. The Morgan fingerprint density at radius 1 is 1.43 bits per heavy atom. The molecule has 1 aromatic rings. The molecular formula is C14H19ClN2O4. The van der Waals surface area contributed by atoms with E-state index < -0.39 is 18.0 Å². The van der Waals surface area contributed by atoms with Crippen LogP contribution in [0.25, 0.3) is 0 Å². The van der Waals surface area contributed by atoms with Gasteiger partial charge in [0.2, 0.25) is 0 Å². The summed E-state index contributed by atoms with van der Waals surface area (Å²) in [6, 6.07) is 3.21. The smallest absolute Gasteiger partial charge is 0.326 e. The quantitative estimate of drug-likeness (QED) is 0.753. The van der Waals surface area contributed by atoms with Crippen LogP contribution in [-0.4, -0.2) is 30.3 Å². The van der Waals surface area contributed by atoms with E-state index >= 15 is 0 Å². The van der Waals surface area contributed by atoms with E-state index in [9.17, 15) is 9.59 Å². The van der Waals surface area contributed by atoms with Crippen molar-refractivity contribution in [3.8, 4) is 5.75 Å². The van der Waals surface area contributed by atoms with Crippen molar-refractivity contribution in [3.05, 3.63) is 23.2 Å². The molecule has 6 nitrogen and oxygen atoms in total. The van der Waals surface area contributed by atoms with Crippen molar-refractivity contribution in [2.75, 3.05) is 12.4 Å². The predicted molar refractivity (Wildman–Crippen MR) is 81.0 cm³/mol. The van der Waals surface area contributed by atoms with Gasteiger partial charge in [-0.25, -0.2) is 9.59 Å². The Morgan fingerprint density at radius 2 is 2.10 bits per heavy atom. The van der Waals surface area contributed by atoms with Crippen LogP contribution in [0.3, 0.4) is 0 Å². The summed E-state index contributed by atoms with van der Waals surface area (Å²) in [5.74, 6) is -0.725. The van der Waals surface area contributed by atoms with Gasteiger partial charge in [0.05, 0.1) is 17.8 Å². The molecule has 0 saturated carbocycles. The summed E-state index contributed by atoms with van der Waals surface area (Å²) < 4.78 is 5.04. The minimum absolute atomic E-state index is 0.186. The van der Waals surface area contributed by atoms with Gasteiger partial charge in [-0.2, -0.15) is 0 Å². The molecule has 3 N–H and O–H groups in total. The Morgan fingerprint density at radius 3 is 2.62 bits per heavy atom. The van der Waals surface area contributed by atoms with Crippen LogP contribution in [0.5, 0.6) is 5.75 Å². The third kappa shape index (κ3) is 4.82. The number of carbonyl (C=O) groups is 2. The first kappa shape index (κ1) is 17.1. The fourth-order valence-corrected chi connectivity index (χ4v) is 1.87. The van der Waals surface area contributed by atoms with Gasteiger partial charge >= 0.3 is 12.0 Å². The summed E-state index contributed by atoms with van der Waals surface area (Å²) in [6.45, 7) is 3.62. The molecule has 1 unspecified atom stereocenters. The molecule has 0 saturated heterocycles. The second-order valence-electron chi connectivity index (χ2n) is 4.65. The summed E-state index contributed by atoms with van der Waals surface area (Å²) in [6.07, 6.45) is 0.636. The number of halogens is 1. The SMILES string of the molecule is CCC(C)[C@H](NC(=O)Nc1cc(OC)ccc1Cl)C(=O)O. The maximum absolute atomic E-state index is 11.9. The Hall–Kier alpha value is -1.95. The summed E-state index contributed by atoms with van der Waals surface area (Å²) in [5, 5.41) is 14.4. The molecule has 0 bridgehead atoms. The average molecular weight is 315 g/mol. The number of carboxylic acid groups (broad SMARTS) is 1. The molecule has 0 aliphatic carbocycles. The van der Waals surface area contributed by atoms with Gasteiger partial charge in [-0.15, -0.1) is 0 Å². The van der Waals surface area contributed by atoms with E-state index in [0.29, 0.717) is 22.9 Å². The number of carboxylic acids is 1. The lowest BCUT2D eigenvalue weighted by Gasteiger charge is -2.20. The van der Waals surface area contributed by atoms with Gasteiger partial charge in [0.1, 0.15) is 11.8 Å². The monoisotopic (exact) mass is 314 g/mol. The largest absolute Gasteiger partial charge is 0.497 e. The first-order valence-electron chi connectivity index (χ1n) is 6.52. The van der Waals surface area contributed by atoms with E-state index in [0.717, 1.165) is 0 Å². The lowest BCUT2D eigenvalue weighted by molar-refractivity contribution is -0.140. The zero-order valence-electron chi connectivity index (χ0n) is 12.1. The lowest BCUT2D eigenvalue weighted by atomic mass is 9.99. The highest BCUT2D eigenvalue weighted by Gasteiger charge is 2.25. The molecule has 116 valence electrons. The number of benzene rings is 1. The number of aliphatic carboxylic acids is 1. The van der Waals surface area contributed by atoms with Gasteiger partial charge in [-0.1, -0.05) is 31.9 Å². The number of nitrogens with one attached hydrogen (secondary N) is 2. The molecule has 0 spiro atoms. The second kappa shape index (κ2) is 7.73. The Balaban J connectivity index is 2.79. The van der Waals surface area contributed by atoms with Crippen LogP contribution >= 0.6 is 11.6 Å². The number of carbonyl (C=O) groups excluding carboxylic acids is 1. The summed E-state index contributed by atoms with van der Waals surface area (Å²) in [7, 11) is 1.50. The first-order valence-corrected chi connectivity index (χ1v) is 6.90. The molecule has 0 radical (unpaired) electrons. The molecular weight excluding hydrogens is 296 g/mol. The highest BCUT2D eigenvalue weighted by Crippen LogP contribution is 2.26. The first-order chi connectivity index (χ1) is 9.88. The van der Waals surface area contributed by atoms with Gasteiger partial charge in [0, 0.05) is 6.07 Å². The van der Waals surface area contributed by atoms with Crippen molar-refractivity contribution in [1.82, 2.24) is 5.32 Å². The fourth-order valence-electron chi connectivity index (χ4n) is 1.71. The highest BCUT2D eigenvalue weighted by atomic mass is 35.5. The maximum atomic E-state index is 11.9. The number of hydrogen-bond acceptors (Lipinski definition) is 3. The maximum Gasteiger partial charge on any atom is 0.326 e. The lowest BCUT2D eigenvalue weighted by Crippen LogP contribution is -2.46. The number of anilines is 1. The van der Waals surface area contributed by atoms with Crippen LogP contribution in [0.15, 0.2) is 18.2 Å². The van der Waals surface area contributed by atoms with Crippen LogP contribution in [0, 0.1) is 5.92 Å². The summed E-state index contributed by atoms with van der Waals surface area (Å²) in [4.78, 5) is 23.1. The number of ether oxygens (including phenoxy) is 1. The van der Waals surface area contributed by atoms with E-state index in [4.69, 9.17) is 21.4 Å². The zero-order valence-corrected chi connectivity index (χ0v) is 12.9. The molecule has 0 aliphatic heterocycles. The number of hydrogen-bond donors (Lipinski definition) is 3. The van der Waals surface area contributed by atoms with Crippen molar-refractivity contribution >= 4 is 29.3 Å². The van der Waals surface area contributed by atoms with Crippen LogP contribution in [0.2, 0.25) is 5.02 Å². The van der Waals surface area contributed by atoms with E-state index in [-0.39, 0.29) is 5.92 Å². The number of methoxy groups -OCH3 is 1. The zero-order chi connectivity index (χ0) is 16.0. The van der Waals surface area contributed by atoms with Gasteiger partial charge < -0.3 is 20.5 Å². The molecule has 0 heterocycles. The minimum atomic E-state index is -1.07. The van der Waals surface area contributed by atoms with Gasteiger partial charge in [0.25, 0.3) is 0 Å². The molecule has 1 rings (SSSR count). The van der Waals surface area contributed by atoms with Crippen LogP contribution < -0.4 is 15.4 Å². The van der Waals surface area contributed by atoms with E-state index in [1.165, 1.54) is 7.11 Å². The van der Waals surface area contributed by atoms with Gasteiger partial charge in [0.15, 0.2) is 0 Å². The highest BCUT2D eigenvalue weighted by molar-refractivity contribution is 6.33. The topological polar surface area (TPSA) is 87.7 Å². The average Bonchev–Trinajstić information content (AvgIpc) is 2.46. The Kier molecular flexibility index (Phi) is 6.30. The number of rotatable bonds is 6. The summed E-state index contributed by atoms with van der Waals surface area (Å²) >= 11 is 5.97. The molecule has 2 atom stereocenters. The van der Waals surface area contributed by atoms with E-state index in [1.54, 1.807) is 25.1 Å². The standard InChI is InChI=1S/C14H19ClN2O4/c1-4-8(2)12(13(18)19)17-14(20)16-11-7-9(21-3)5-6-10(11)15/h5-8,12H,4H2,1-3H3,(H,18,19)(H2,16,17,20)/t8?,12-/m0/s1. The third-order valence-corrected chi connectivity index (χ3v) is 3.52. The van der Waals surface area contributed by atoms with Crippen molar-refractivity contribution in [1.29, 1.82) is 0 Å². The molecule has 0 aromatic heterocycles. The van der Waals surface area contributed by atoms with Gasteiger partial charge in [-0.3, -0.25) is 0 Å². The Bertz CT molecular complexity index is 522. The van der Waals surface area contributed by atoms with Gasteiger partial charge in [-0.05, 0) is 18.1 Å². The molecule has 7 heteroatoms. The second-order valence-corrected chi connectivity index (χ2v) is 5.05. The minimum Gasteiger partial charge on any atom is -0.497 e. The van der Waals surface area contributed by atoms with E-state index in [2.05, 4.69) is 10.6 Å². The summed E-state index contributed by atoms with van der Waals surface area (Å²) in [5.41, 5.74) is 0.349. The normalized spacial score (nSPS) is 13.1. The van der Waals surface area contributed by atoms with Crippen molar-refractivity contribution in [2.45, 2.75) is 26.3 Å². The van der Waals surface area contributed by atoms with Crippen molar-refractivity contribution in [3.63, 3.8) is 0 Å². The molecule has 0 fully saturated rings. The predicted octanol–water partition coefficient (Wildman–Crippen LogP) is 2.97. The number of amides is 2. The molecule has 1 aromatic carbocycles. The molecule has 2 amide bonds. The Labute approximate surface area is 128 Å². The number of urea groups is 1. The fraction of sp³-hybridized carbons (Fsp3) is 0.429. The van der Waals surface area contributed by atoms with Crippen LogP contribution in [-0.2, 0) is 4.79 Å². The van der Waals surface area contributed by atoms with Crippen molar-refractivity contribution < 1.29 is 19.4 Å². The van der Waals surface area contributed by atoms with Crippen LogP contribution in [0.1, 0.15) is 20.3 Å². The molecule has 0 aliphatic rings. The van der Waals surface area contributed by atoms with Crippen molar-refractivity contribution in [2.24, 2.45) is 5.92 Å². The van der Waals surface area contributed by atoms with E-state index in [1.807, 2.05) is 6.92 Å². The molecule has 21 heavy (non-hydrogen) atoms. The van der Waals surface area contributed by atoms with Crippen LogP contribution in [0.4, 0.5) is 10.5 Å².